The van der Waals surface area contributed by atoms with Crippen molar-refractivity contribution < 1.29 is 4.79 Å². The monoisotopic (exact) mass is 258 g/mol. The van der Waals surface area contributed by atoms with Crippen LogP contribution in [0.1, 0.15) is 28.7 Å². The first kappa shape index (κ1) is 15.4. The van der Waals surface area contributed by atoms with Crippen LogP contribution in [0.2, 0.25) is 0 Å². The number of Topliss-reactive ketones (excluding diaryl/α,β-unsaturated/α-hetero) is 1. The summed E-state index contributed by atoms with van der Waals surface area (Å²) in [6, 6.07) is 6.34. The van der Waals surface area contributed by atoms with Crippen LogP contribution < -0.4 is 0 Å². The minimum atomic E-state index is -0.0122. The Kier molecular flexibility index (Phi) is 5.72. The lowest BCUT2D eigenvalue weighted by molar-refractivity contribution is -0.118. The molecule has 102 valence electrons. The first-order chi connectivity index (χ1) is 8.93. The number of carbonyl (C=O) groups excluding carboxylic acids is 1. The third-order valence-corrected chi connectivity index (χ3v) is 3.44. The standard InChI is InChI=1S/C16H22N2O/c1-12-9-14(3)15(10-13(12)2)6-8-18(4)11-16(19)5-7-17/h9-10H,5-6,8,11H2,1-4H3. The lowest BCUT2D eigenvalue weighted by Crippen LogP contribution is -2.27. The molecule has 19 heavy (non-hydrogen) atoms. The van der Waals surface area contributed by atoms with Gasteiger partial charge in [0.25, 0.3) is 0 Å². The van der Waals surface area contributed by atoms with Gasteiger partial charge in [0.1, 0.15) is 0 Å². The highest BCUT2D eigenvalue weighted by atomic mass is 16.1. The maximum atomic E-state index is 11.4. The average Bonchev–Trinajstić information content (AvgIpc) is 2.32. The van der Waals surface area contributed by atoms with Crippen LogP contribution in [0, 0.1) is 32.1 Å². The summed E-state index contributed by atoms with van der Waals surface area (Å²) in [5, 5.41) is 8.46. The van der Waals surface area contributed by atoms with Gasteiger partial charge in [0.2, 0.25) is 0 Å². The summed E-state index contributed by atoms with van der Waals surface area (Å²) in [5.41, 5.74) is 5.27. The molecule has 0 saturated heterocycles. The van der Waals surface area contributed by atoms with Crippen molar-refractivity contribution in [2.24, 2.45) is 0 Å². The van der Waals surface area contributed by atoms with E-state index in [0.717, 1.165) is 13.0 Å². The van der Waals surface area contributed by atoms with Crippen LogP contribution in [0.15, 0.2) is 12.1 Å². The van der Waals surface area contributed by atoms with E-state index in [1.165, 1.54) is 22.3 Å². The molecule has 3 heteroatoms. The molecule has 0 unspecified atom stereocenters. The zero-order chi connectivity index (χ0) is 14.4. The molecule has 0 spiro atoms. The number of likely N-dealkylation sites (N-methyl/N-ethyl adjacent to an activating group) is 1. The Bertz CT molecular complexity index is 500. The fourth-order valence-corrected chi connectivity index (χ4v) is 2.13. The number of nitriles is 1. The van der Waals surface area contributed by atoms with Gasteiger partial charge in [0, 0.05) is 6.54 Å². The van der Waals surface area contributed by atoms with Crippen molar-refractivity contribution in [2.45, 2.75) is 33.6 Å². The molecule has 1 aromatic rings. The molecule has 0 N–H and O–H groups in total. The van der Waals surface area contributed by atoms with Crippen molar-refractivity contribution in [1.29, 1.82) is 5.26 Å². The van der Waals surface area contributed by atoms with Crippen LogP contribution in [0.25, 0.3) is 0 Å². The molecule has 1 aromatic carbocycles. The molecule has 0 aromatic heterocycles. The van der Waals surface area contributed by atoms with E-state index in [1.807, 2.05) is 18.0 Å². The third kappa shape index (κ3) is 4.84. The van der Waals surface area contributed by atoms with E-state index >= 15 is 0 Å². The van der Waals surface area contributed by atoms with Gasteiger partial charge in [-0.1, -0.05) is 12.1 Å². The van der Waals surface area contributed by atoms with E-state index in [-0.39, 0.29) is 12.2 Å². The second-order valence-electron chi connectivity index (χ2n) is 5.22. The van der Waals surface area contributed by atoms with E-state index < -0.39 is 0 Å². The molecule has 0 amide bonds. The van der Waals surface area contributed by atoms with Crippen LogP contribution in [0.3, 0.4) is 0 Å². The van der Waals surface area contributed by atoms with Gasteiger partial charge in [-0.15, -0.1) is 0 Å². The molecule has 0 heterocycles. The van der Waals surface area contributed by atoms with E-state index in [2.05, 4.69) is 32.9 Å². The Balaban J connectivity index is 2.55. The number of hydrogen-bond acceptors (Lipinski definition) is 3. The summed E-state index contributed by atoms with van der Waals surface area (Å²) in [7, 11) is 1.92. The van der Waals surface area contributed by atoms with Crippen LogP contribution in [0.5, 0.6) is 0 Å². The largest absolute Gasteiger partial charge is 0.299 e. The number of aryl methyl sites for hydroxylation is 3. The summed E-state index contributed by atoms with van der Waals surface area (Å²) >= 11 is 0. The predicted octanol–water partition coefficient (Wildman–Crippen LogP) is 2.57. The molecule has 0 fully saturated rings. The van der Waals surface area contributed by atoms with Crippen LogP contribution in [-0.2, 0) is 11.2 Å². The summed E-state index contributed by atoms with van der Waals surface area (Å²) < 4.78 is 0. The second kappa shape index (κ2) is 7.06. The van der Waals surface area contributed by atoms with Crippen molar-refractivity contribution in [3.63, 3.8) is 0 Å². The zero-order valence-electron chi connectivity index (χ0n) is 12.3. The molecule has 0 bridgehead atoms. The maximum absolute atomic E-state index is 11.4. The number of rotatable bonds is 6. The van der Waals surface area contributed by atoms with Crippen molar-refractivity contribution in [3.05, 3.63) is 34.4 Å². The molecular formula is C16H22N2O. The van der Waals surface area contributed by atoms with Gasteiger partial charge in [0.05, 0.1) is 19.0 Å². The van der Waals surface area contributed by atoms with E-state index in [1.54, 1.807) is 0 Å². The fourth-order valence-electron chi connectivity index (χ4n) is 2.13. The van der Waals surface area contributed by atoms with Gasteiger partial charge in [0.15, 0.2) is 5.78 Å². The van der Waals surface area contributed by atoms with Gasteiger partial charge in [-0.25, -0.2) is 0 Å². The average molecular weight is 258 g/mol. The van der Waals surface area contributed by atoms with Crippen LogP contribution in [-0.4, -0.2) is 30.8 Å². The van der Waals surface area contributed by atoms with Gasteiger partial charge < -0.3 is 0 Å². The minimum absolute atomic E-state index is 0.00695. The number of carbonyl (C=O) groups is 1. The quantitative estimate of drug-likeness (QED) is 0.787. The molecule has 0 saturated carbocycles. The molecule has 0 aliphatic heterocycles. The van der Waals surface area contributed by atoms with E-state index in [0.29, 0.717) is 6.54 Å². The summed E-state index contributed by atoms with van der Waals surface area (Å²) in [6.07, 6.45) is 0.941. The van der Waals surface area contributed by atoms with Crippen LogP contribution in [0.4, 0.5) is 0 Å². The Morgan fingerprint density at radius 2 is 1.84 bits per heavy atom. The summed E-state index contributed by atoms with van der Waals surface area (Å²) in [4.78, 5) is 13.3. The van der Waals surface area contributed by atoms with Crippen molar-refractivity contribution >= 4 is 5.78 Å². The predicted molar refractivity (Wildman–Crippen MR) is 77.1 cm³/mol. The normalized spacial score (nSPS) is 10.5. The highest BCUT2D eigenvalue weighted by molar-refractivity contribution is 5.82. The lowest BCUT2D eigenvalue weighted by Gasteiger charge is -2.16. The Morgan fingerprint density at radius 1 is 1.21 bits per heavy atom. The molecule has 0 radical (unpaired) electrons. The first-order valence-electron chi connectivity index (χ1n) is 6.58. The van der Waals surface area contributed by atoms with Crippen molar-refractivity contribution in [1.82, 2.24) is 4.90 Å². The second-order valence-corrected chi connectivity index (χ2v) is 5.22. The molecule has 3 nitrogen and oxygen atoms in total. The highest BCUT2D eigenvalue weighted by Crippen LogP contribution is 2.16. The number of nitrogens with zero attached hydrogens (tertiary/aromatic N) is 2. The van der Waals surface area contributed by atoms with Gasteiger partial charge in [-0.2, -0.15) is 5.26 Å². The molecule has 0 aliphatic carbocycles. The number of hydrogen-bond donors (Lipinski definition) is 0. The molecule has 0 aliphatic rings. The van der Waals surface area contributed by atoms with Gasteiger partial charge in [-0.05, 0) is 56.5 Å². The zero-order valence-corrected chi connectivity index (χ0v) is 12.3. The molecule has 0 atom stereocenters. The number of benzene rings is 1. The molecule has 1 rings (SSSR count). The van der Waals surface area contributed by atoms with Crippen molar-refractivity contribution in [2.75, 3.05) is 20.1 Å². The maximum Gasteiger partial charge on any atom is 0.160 e. The highest BCUT2D eigenvalue weighted by Gasteiger charge is 2.08. The SMILES string of the molecule is Cc1cc(C)c(CCN(C)CC(=O)CC#N)cc1C. The van der Waals surface area contributed by atoms with E-state index in [9.17, 15) is 4.79 Å². The number of ketones is 1. The van der Waals surface area contributed by atoms with Gasteiger partial charge >= 0.3 is 0 Å². The Labute approximate surface area is 115 Å². The minimum Gasteiger partial charge on any atom is -0.299 e. The molecular weight excluding hydrogens is 236 g/mol. The topological polar surface area (TPSA) is 44.1 Å². The third-order valence-electron chi connectivity index (χ3n) is 3.44. The van der Waals surface area contributed by atoms with Crippen LogP contribution >= 0.6 is 0 Å². The first-order valence-corrected chi connectivity index (χ1v) is 6.58. The van der Waals surface area contributed by atoms with Gasteiger partial charge in [-0.3, -0.25) is 9.69 Å². The lowest BCUT2D eigenvalue weighted by atomic mass is 9.99. The Hall–Kier alpha value is -1.66. The summed E-state index contributed by atoms with van der Waals surface area (Å²) in [6.45, 7) is 7.57. The van der Waals surface area contributed by atoms with Crippen molar-refractivity contribution in [3.8, 4) is 6.07 Å². The fraction of sp³-hybridized carbons (Fsp3) is 0.500. The van der Waals surface area contributed by atoms with E-state index in [4.69, 9.17) is 5.26 Å². The summed E-state index contributed by atoms with van der Waals surface area (Å²) in [5.74, 6) is -0.0122. The Morgan fingerprint density at radius 3 is 2.47 bits per heavy atom. The smallest absolute Gasteiger partial charge is 0.160 e.